The highest BCUT2D eigenvalue weighted by molar-refractivity contribution is 5.90. The van der Waals surface area contributed by atoms with Gasteiger partial charge in [-0.15, -0.1) is 6.42 Å². The molecule has 0 atom stereocenters. The summed E-state index contributed by atoms with van der Waals surface area (Å²) in [7, 11) is 0. The van der Waals surface area contributed by atoms with E-state index in [1.165, 1.54) is 36.4 Å². The van der Waals surface area contributed by atoms with Crippen molar-refractivity contribution in [1.29, 1.82) is 0 Å². The lowest BCUT2D eigenvalue weighted by atomic mass is 9.96. The number of ether oxygens (including phenoxy) is 1. The summed E-state index contributed by atoms with van der Waals surface area (Å²) in [5.74, 6) is 1.79. The first kappa shape index (κ1) is 18.6. The quantitative estimate of drug-likeness (QED) is 0.544. The number of carbonyl (C=O) groups excluding carboxylic acids is 1. The number of halogens is 3. The summed E-state index contributed by atoms with van der Waals surface area (Å²) in [6, 6.07) is 9.30. The molecule has 0 bridgehead atoms. The molecule has 0 fully saturated rings. The molecule has 0 saturated heterocycles. The van der Waals surface area contributed by atoms with Crippen molar-refractivity contribution in [1.82, 2.24) is 0 Å². The highest BCUT2D eigenvalue weighted by Crippen LogP contribution is 2.37. The van der Waals surface area contributed by atoms with Crippen molar-refractivity contribution in [3.63, 3.8) is 0 Å². The molecule has 0 aromatic heterocycles. The molecule has 0 aliphatic heterocycles. The van der Waals surface area contributed by atoms with Crippen molar-refractivity contribution in [3.8, 4) is 23.5 Å². The Morgan fingerprint density at radius 3 is 2.12 bits per heavy atom. The van der Waals surface area contributed by atoms with E-state index in [1.54, 1.807) is 20.8 Å². The molecule has 2 nitrogen and oxygen atoms in total. The third kappa shape index (κ3) is 4.63. The Morgan fingerprint density at radius 2 is 1.64 bits per heavy atom. The van der Waals surface area contributed by atoms with E-state index in [0.29, 0.717) is 11.1 Å². The number of terminal acetylenes is 1. The first-order valence-electron chi connectivity index (χ1n) is 7.53. The Bertz CT molecular complexity index is 820. The lowest BCUT2D eigenvalue weighted by Crippen LogP contribution is -2.23. The summed E-state index contributed by atoms with van der Waals surface area (Å²) in [4.78, 5) is 12.0. The van der Waals surface area contributed by atoms with Crippen LogP contribution in [0.25, 0.3) is 11.1 Å². The van der Waals surface area contributed by atoms with E-state index in [9.17, 15) is 18.0 Å². The summed E-state index contributed by atoms with van der Waals surface area (Å²) in [6.45, 7) is 5.21. The fraction of sp³-hybridized carbons (Fsp3) is 0.250. The molecule has 0 aliphatic carbocycles. The summed E-state index contributed by atoms with van der Waals surface area (Å²) < 4.78 is 44.9. The maximum absolute atomic E-state index is 13.2. The molecule has 2 aromatic rings. The molecule has 130 valence electrons. The minimum atomic E-state index is -4.51. The minimum Gasteiger partial charge on any atom is -0.456 e. The first-order valence-corrected chi connectivity index (χ1v) is 7.53. The van der Waals surface area contributed by atoms with Gasteiger partial charge in [0.1, 0.15) is 5.60 Å². The second-order valence-electron chi connectivity index (χ2n) is 6.48. The van der Waals surface area contributed by atoms with Crippen LogP contribution in [0.2, 0.25) is 0 Å². The summed E-state index contributed by atoms with van der Waals surface area (Å²) in [6.07, 6.45) is 0.778. The zero-order valence-corrected chi connectivity index (χ0v) is 14.1. The Kier molecular flexibility index (Phi) is 4.94. The van der Waals surface area contributed by atoms with Crippen LogP contribution < -0.4 is 0 Å². The van der Waals surface area contributed by atoms with Crippen LogP contribution >= 0.6 is 0 Å². The third-order valence-corrected chi connectivity index (χ3v) is 3.32. The smallest absolute Gasteiger partial charge is 0.417 e. The Hall–Kier alpha value is -2.74. The Balaban J connectivity index is 2.43. The lowest BCUT2D eigenvalue weighted by molar-refractivity contribution is -0.137. The number of hydrogen-bond acceptors (Lipinski definition) is 2. The highest BCUT2D eigenvalue weighted by Gasteiger charge is 2.33. The van der Waals surface area contributed by atoms with Crippen LogP contribution in [-0.2, 0) is 10.9 Å². The van der Waals surface area contributed by atoms with Crippen molar-refractivity contribution >= 4 is 5.97 Å². The number of benzene rings is 2. The van der Waals surface area contributed by atoms with E-state index in [1.807, 2.05) is 0 Å². The first-order chi connectivity index (χ1) is 11.5. The average molecular weight is 346 g/mol. The van der Waals surface area contributed by atoms with Crippen molar-refractivity contribution in [2.75, 3.05) is 0 Å². The topological polar surface area (TPSA) is 26.3 Å². The average Bonchev–Trinajstić information content (AvgIpc) is 2.52. The molecule has 25 heavy (non-hydrogen) atoms. The molecule has 0 aliphatic rings. The summed E-state index contributed by atoms with van der Waals surface area (Å²) in [5.41, 5.74) is -0.535. The molecular weight excluding hydrogens is 329 g/mol. The van der Waals surface area contributed by atoms with Crippen LogP contribution in [0.1, 0.15) is 42.3 Å². The molecule has 0 unspecified atom stereocenters. The van der Waals surface area contributed by atoms with E-state index >= 15 is 0 Å². The van der Waals surface area contributed by atoms with Gasteiger partial charge in [0.15, 0.2) is 0 Å². The van der Waals surface area contributed by atoms with E-state index in [4.69, 9.17) is 11.2 Å². The molecule has 0 heterocycles. The second kappa shape index (κ2) is 6.64. The molecule has 0 radical (unpaired) electrons. The van der Waals surface area contributed by atoms with Crippen LogP contribution in [-0.4, -0.2) is 11.6 Å². The molecule has 2 aromatic carbocycles. The van der Waals surface area contributed by atoms with Crippen LogP contribution in [0, 0.1) is 12.3 Å². The van der Waals surface area contributed by atoms with Crippen LogP contribution in [0.4, 0.5) is 13.2 Å². The van der Waals surface area contributed by atoms with Gasteiger partial charge in [-0.25, -0.2) is 4.79 Å². The van der Waals surface area contributed by atoms with Gasteiger partial charge in [0, 0.05) is 5.56 Å². The predicted octanol–water partition coefficient (Wildman–Crippen LogP) is 5.31. The van der Waals surface area contributed by atoms with Gasteiger partial charge in [-0.05, 0) is 62.2 Å². The van der Waals surface area contributed by atoms with Crippen LogP contribution in [0.3, 0.4) is 0 Å². The predicted molar refractivity (Wildman–Crippen MR) is 90.0 cm³/mol. The fourth-order valence-corrected chi connectivity index (χ4v) is 2.24. The standard InChI is InChI=1S/C20H17F3O2/c1-5-13-6-11-17(20(21,22)23)16(12-13)14-7-9-15(10-8-14)18(24)25-19(2,3)4/h1,6-12H,2-4H3. The minimum absolute atomic E-state index is 0.0290. The number of rotatable bonds is 2. The summed E-state index contributed by atoms with van der Waals surface area (Å²) >= 11 is 0. The molecule has 2 rings (SSSR count). The molecule has 0 saturated carbocycles. The van der Waals surface area contributed by atoms with Gasteiger partial charge in [-0.3, -0.25) is 0 Å². The SMILES string of the molecule is C#Cc1ccc(C(F)(F)F)c(-c2ccc(C(=O)OC(C)(C)C)cc2)c1. The highest BCUT2D eigenvalue weighted by atomic mass is 19.4. The number of alkyl halides is 3. The third-order valence-electron chi connectivity index (χ3n) is 3.32. The second-order valence-corrected chi connectivity index (χ2v) is 6.48. The monoisotopic (exact) mass is 346 g/mol. The van der Waals surface area contributed by atoms with Crippen molar-refractivity contribution in [3.05, 3.63) is 59.2 Å². The number of hydrogen-bond donors (Lipinski definition) is 0. The zero-order valence-electron chi connectivity index (χ0n) is 14.1. The molecule has 5 heteroatoms. The van der Waals surface area contributed by atoms with Crippen molar-refractivity contribution in [2.45, 2.75) is 32.5 Å². The molecular formula is C20H17F3O2. The van der Waals surface area contributed by atoms with Crippen molar-refractivity contribution < 1.29 is 22.7 Å². The normalized spacial score (nSPS) is 11.7. The van der Waals surface area contributed by atoms with Gasteiger partial charge in [-0.1, -0.05) is 18.1 Å². The van der Waals surface area contributed by atoms with Gasteiger partial charge in [0.05, 0.1) is 11.1 Å². The molecule has 0 amide bonds. The largest absolute Gasteiger partial charge is 0.456 e. The van der Waals surface area contributed by atoms with Crippen LogP contribution in [0.15, 0.2) is 42.5 Å². The van der Waals surface area contributed by atoms with Gasteiger partial charge in [0.2, 0.25) is 0 Å². The zero-order chi connectivity index (χ0) is 18.8. The van der Waals surface area contributed by atoms with E-state index < -0.39 is 23.3 Å². The number of esters is 1. The van der Waals surface area contributed by atoms with E-state index in [0.717, 1.165) is 6.07 Å². The maximum Gasteiger partial charge on any atom is 0.417 e. The Morgan fingerprint density at radius 1 is 1.04 bits per heavy atom. The molecule has 0 spiro atoms. The lowest BCUT2D eigenvalue weighted by Gasteiger charge is -2.19. The van der Waals surface area contributed by atoms with Crippen molar-refractivity contribution in [2.24, 2.45) is 0 Å². The van der Waals surface area contributed by atoms with Gasteiger partial charge in [-0.2, -0.15) is 13.2 Å². The van der Waals surface area contributed by atoms with Crippen LogP contribution in [0.5, 0.6) is 0 Å². The van der Waals surface area contributed by atoms with Gasteiger partial charge in [0.25, 0.3) is 0 Å². The Labute approximate surface area is 144 Å². The maximum atomic E-state index is 13.2. The van der Waals surface area contributed by atoms with E-state index in [2.05, 4.69) is 5.92 Å². The fourth-order valence-electron chi connectivity index (χ4n) is 2.24. The number of carbonyl (C=O) groups is 1. The summed E-state index contributed by atoms with van der Waals surface area (Å²) in [5, 5.41) is 0. The van der Waals surface area contributed by atoms with E-state index in [-0.39, 0.29) is 11.1 Å². The van der Waals surface area contributed by atoms with Gasteiger partial charge < -0.3 is 4.74 Å². The van der Waals surface area contributed by atoms with Gasteiger partial charge >= 0.3 is 12.1 Å². The molecule has 0 N–H and O–H groups in total.